The molecule has 0 bridgehead atoms. The maximum atomic E-state index is 12.8. The number of hydrogen-bond acceptors (Lipinski definition) is 5. The Kier molecular flexibility index (Phi) is 4.85. The molecule has 8 heteroatoms. The topological polar surface area (TPSA) is 96.3 Å². The summed E-state index contributed by atoms with van der Waals surface area (Å²) in [6.07, 6.45) is 0.813. The molecule has 0 saturated heterocycles. The van der Waals surface area contributed by atoms with Gasteiger partial charge in [-0.2, -0.15) is 5.10 Å². The van der Waals surface area contributed by atoms with Crippen molar-refractivity contribution in [1.82, 2.24) is 9.78 Å². The molecule has 1 aliphatic heterocycles. The van der Waals surface area contributed by atoms with Crippen LogP contribution in [0, 0.1) is 6.92 Å². The number of carbonyl (C=O) groups excluding carboxylic acids is 2. The highest BCUT2D eigenvalue weighted by Crippen LogP contribution is 2.37. The Hall–Kier alpha value is -3.52. The predicted molar refractivity (Wildman–Crippen MR) is 112 cm³/mol. The first-order chi connectivity index (χ1) is 14.0. The van der Waals surface area contributed by atoms with Crippen molar-refractivity contribution in [2.24, 2.45) is 7.05 Å². The minimum absolute atomic E-state index is 0.226. The third-order valence-electron chi connectivity index (χ3n) is 4.51. The van der Waals surface area contributed by atoms with E-state index < -0.39 is 0 Å². The highest BCUT2D eigenvalue weighted by Gasteiger charge is 2.24. The lowest BCUT2D eigenvalue weighted by Crippen LogP contribution is -2.15. The fraction of sp³-hybridized carbons (Fsp3) is 0.0952. The van der Waals surface area contributed by atoms with Crippen LogP contribution >= 0.6 is 11.8 Å². The molecule has 0 atom stereocenters. The van der Waals surface area contributed by atoms with Crippen molar-refractivity contribution in [1.29, 1.82) is 0 Å². The zero-order chi connectivity index (χ0) is 20.5. The highest BCUT2D eigenvalue weighted by molar-refractivity contribution is 7.99. The second-order valence-electron chi connectivity index (χ2n) is 6.55. The quantitative estimate of drug-likeness (QED) is 0.450. The largest absolute Gasteiger partial charge is 0.515 e. The Morgan fingerprint density at radius 2 is 2.03 bits per heavy atom. The Morgan fingerprint density at radius 1 is 1.24 bits per heavy atom. The van der Waals surface area contributed by atoms with Crippen molar-refractivity contribution in [3.8, 4) is 0 Å². The van der Waals surface area contributed by atoms with Crippen LogP contribution in [0.25, 0.3) is 5.57 Å². The van der Waals surface area contributed by atoms with Gasteiger partial charge in [0.1, 0.15) is 5.82 Å². The van der Waals surface area contributed by atoms with Crippen molar-refractivity contribution in [2.75, 3.05) is 10.6 Å². The smallest absolute Gasteiger partial charge is 0.259 e. The Morgan fingerprint density at radius 3 is 2.76 bits per heavy atom. The Balaban J connectivity index is 1.60. The van der Waals surface area contributed by atoms with Crippen LogP contribution in [-0.2, 0) is 11.8 Å². The molecule has 2 amide bonds. The summed E-state index contributed by atoms with van der Waals surface area (Å²) in [4.78, 5) is 26.4. The van der Waals surface area contributed by atoms with Crippen molar-refractivity contribution < 1.29 is 14.7 Å². The van der Waals surface area contributed by atoms with Crippen molar-refractivity contribution in [3.05, 3.63) is 71.6 Å². The molecule has 1 aliphatic rings. The fourth-order valence-corrected chi connectivity index (χ4v) is 4.13. The van der Waals surface area contributed by atoms with Gasteiger partial charge in [-0.3, -0.25) is 14.3 Å². The number of fused-ring (bicyclic) bond motifs is 1. The van der Waals surface area contributed by atoms with Gasteiger partial charge in [-0.25, -0.2) is 0 Å². The van der Waals surface area contributed by atoms with E-state index in [4.69, 9.17) is 0 Å². The minimum Gasteiger partial charge on any atom is -0.515 e. The van der Waals surface area contributed by atoms with Gasteiger partial charge < -0.3 is 15.7 Å². The van der Waals surface area contributed by atoms with E-state index in [0.717, 1.165) is 21.7 Å². The van der Waals surface area contributed by atoms with E-state index >= 15 is 0 Å². The average Bonchev–Trinajstić information content (AvgIpc) is 3.18. The number of hydrogen-bond donors (Lipinski definition) is 3. The number of anilines is 2. The number of aryl methyl sites for hydroxylation is 2. The molecule has 0 aliphatic carbocycles. The Labute approximate surface area is 171 Å². The van der Waals surface area contributed by atoms with Crippen molar-refractivity contribution in [3.63, 3.8) is 0 Å². The predicted octanol–water partition coefficient (Wildman–Crippen LogP) is 3.98. The summed E-state index contributed by atoms with van der Waals surface area (Å²) in [7, 11) is 1.77. The third kappa shape index (κ3) is 3.62. The van der Waals surface area contributed by atoms with Crippen LogP contribution in [0.4, 0.5) is 11.5 Å². The van der Waals surface area contributed by atoms with E-state index in [1.165, 1.54) is 11.8 Å². The number of nitrogens with one attached hydrogen (secondary N) is 2. The molecule has 29 heavy (non-hydrogen) atoms. The van der Waals surface area contributed by atoms with Gasteiger partial charge >= 0.3 is 0 Å². The summed E-state index contributed by atoms with van der Waals surface area (Å²) in [5.41, 5.74) is 2.88. The lowest BCUT2D eigenvalue weighted by Gasteiger charge is -2.10. The number of aliphatic hydroxyl groups excluding tert-OH is 1. The van der Waals surface area contributed by atoms with Crippen LogP contribution in [0.5, 0.6) is 0 Å². The van der Waals surface area contributed by atoms with E-state index in [1.807, 2.05) is 43.3 Å². The van der Waals surface area contributed by atoms with Crippen molar-refractivity contribution in [2.45, 2.75) is 16.7 Å². The highest BCUT2D eigenvalue weighted by atomic mass is 32.2. The van der Waals surface area contributed by atoms with Crippen LogP contribution in [-0.4, -0.2) is 26.7 Å². The van der Waals surface area contributed by atoms with Gasteiger partial charge in [-0.05, 0) is 31.2 Å². The number of rotatable bonds is 4. The average molecular weight is 406 g/mol. The van der Waals surface area contributed by atoms with Crippen LogP contribution in [0.15, 0.2) is 64.6 Å². The van der Waals surface area contributed by atoms with E-state index in [2.05, 4.69) is 15.7 Å². The van der Waals surface area contributed by atoms with Gasteiger partial charge in [0.2, 0.25) is 0 Å². The first-order valence-corrected chi connectivity index (χ1v) is 9.67. The molecule has 7 nitrogen and oxygen atoms in total. The lowest BCUT2D eigenvalue weighted by atomic mass is 10.1. The molecule has 0 spiro atoms. The number of amides is 2. The molecule has 3 aromatic rings. The van der Waals surface area contributed by atoms with Crippen LogP contribution in [0.3, 0.4) is 0 Å². The first-order valence-electron chi connectivity index (χ1n) is 8.85. The van der Waals surface area contributed by atoms with Gasteiger partial charge in [0.15, 0.2) is 0 Å². The molecule has 0 fully saturated rings. The summed E-state index contributed by atoms with van der Waals surface area (Å²) >= 11 is 1.42. The van der Waals surface area contributed by atoms with E-state index in [-0.39, 0.29) is 17.4 Å². The van der Waals surface area contributed by atoms with Crippen molar-refractivity contribution >= 4 is 40.7 Å². The summed E-state index contributed by atoms with van der Waals surface area (Å²) in [6.45, 7) is 1.86. The summed E-state index contributed by atoms with van der Waals surface area (Å²) in [5, 5.41) is 19.1. The molecule has 4 rings (SSSR count). The molecule has 2 heterocycles. The normalized spacial score (nSPS) is 14.0. The SMILES string of the molecule is Cc1cc(NC(=O)c2ccccc2Sc2ccc3c(c2)NC(=O)/C3=C\O)n(C)n1. The molecule has 1 aromatic heterocycles. The molecule has 3 N–H and O–H groups in total. The molecular weight excluding hydrogens is 388 g/mol. The van der Waals surface area contributed by atoms with E-state index in [0.29, 0.717) is 22.6 Å². The first kappa shape index (κ1) is 18.8. The molecule has 2 aromatic carbocycles. The van der Waals surface area contributed by atoms with Gasteiger partial charge in [0.05, 0.1) is 28.8 Å². The Bertz CT molecular complexity index is 1170. The van der Waals surface area contributed by atoms with Crippen LogP contribution in [0.2, 0.25) is 0 Å². The molecule has 0 unspecified atom stereocenters. The summed E-state index contributed by atoms with van der Waals surface area (Å²) < 4.78 is 1.62. The summed E-state index contributed by atoms with van der Waals surface area (Å²) in [5.74, 6) is 0.0582. The van der Waals surface area contributed by atoms with E-state index in [1.54, 1.807) is 23.9 Å². The third-order valence-corrected chi connectivity index (χ3v) is 5.57. The van der Waals surface area contributed by atoms with Crippen LogP contribution < -0.4 is 10.6 Å². The molecule has 0 radical (unpaired) electrons. The standard InChI is InChI=1S/C21H18N4O3S/c1-12-9-19(25(2)24-12)23-20(27)15-5-3-4-6-18(15)29-13-7-8-14-16(11-26)21(28)22-17(14)10-13/h3-11,26H,1-2H3,(H,22,28)(H,23,27)/b16-11-. The maximum absolute atomic E-state index is 12.8. The second kappa shape index (κ2) is 7.48. The van der Waals surface area contributed by atoms with Crippen LogP contribution in [0.1, 0.15) is 21.6 Å². The van der Waals surface area contributed by atoms with Gasteiger partial charge in [0.25, 0.3) is 11.8 Å². The molecular formula is C21H18N4O3S. The number of benzene rings is 2. The van der Waals surface area contributed by atoms with Gasteiger partial charge in [0, 0.05) is 28.5 Å². The lowest BCUT2D eigenvalue weighted by molar-refractivity contribution is -0.110. The number of aromatic nitrogens is 2. The number of aliphatic hydroxyl groups is 1. The second-order valence-corrected chi connectivity index (χ2v) is 7.67. The number of carbonyl (C=O) groups is 2. The van der Waals surface area contributed by atoms with Gasteiger partial charge in [-0.1, -0.05) is 30.0 Å². The maximum Gasteiger partial charge on any atom is 0.259 e. The monoisotopic (exact) mass is 406 g/mol. The zero-order valence-corrected chi connectivity index (χ0v) is 16.6. The number of nitrogens with zero attached hydrogens (tertiary/aromatic N) is 2. The summed E-state index contributed by atoms with van der Waals surface area (Å²) in [6, 6.07) is 14.6. The van der Waals surface area contributed by atoms with Gasteiger partial charge in [-0.15, -0.1) is 0 Å². The minimum atomic E-state index is -0.337. The molecule has 0 saturated carbocycles. The fourth-order valence-electron chi connectivity index (χ4n) is 3.15. The zero-order valence-electron chi connectivity index (χ0n) is 15.8. The van der Waals surface area contributed by atoms with E-state index in [9.17, 15) is 14.7 Å². The molecule has 146 valence electrons.